The van der Waals surface area contributed by atoms with Crippen LogP contribution in [0.15, 0.2) is 0 Å². The Balaban J connectivity index is 2.07. The van der Waals surface area contributed by atoms with Crippen LogP contribution in [0.2, 0.25) is 0 Å². The zero-order valence-corrected chi connectivity index (χ0v) is 15.8. The number of hydrogen-bond acceptors (Lipinski definition) is 1. The smallest absolute Gasteiger partial charge is 0.123 e. The molecule has 1 nitrogen and oxygen atoms in total. The number of rotatable bonds is 5. The lowest BCUT2D eigenvalue weighted by Crippen LogP contribution is -2.40. The summed E-state index contributed by atoms with van der Waals surface area (Å²) in [5.74, 6) is 3.37. The molecule has 2 aliphatic carbocycles. The highest BCUT2D eigenvalue weighted by Gasteiger charge is 2.52. The maximum Gasteiger partial charge on any atom is 0.123 e. The van der Waals surface area contributed by atoms with Crippen LogP contribution in [0, 0.1) is 40.4 Å². The molecule has 22 heavy (non-hydrogen) atoms. The van der Waals surface area contributed by atoms with Crippen molar-refractivity contribution in [2.75, 3.05) is 0 Å². The van der Waals surface area contributed by atoms with Gasteiger partial charge < -0.3 is 4.79 Å². The second kappa shape index (κ2) is 6.65. The fourth-order valence-electron chi connectivity index (χ4n) is 5.82. The van der Waals surface area contributed by atoms with E-state index in [9.17, 15) is 4.79 Å². The van der Waals surface area contributed by atoms with Gasteiger partial charge in [-0.05, 0) is 66.6 Å². The zero-order valence-electron chi connectivity index (χ0n) is 15.8. The quantitative estimate of drug-likeness (QED) is 0.559. The predicted molar refractivity (Wildman–Crippen MR) is 94.7 cm³/mol. The molecule has 2 rings (SSSR count). The van der Waals surface area contributed by atoms with Gasteiger partial charge in [-0.1, -0.05) is 54.4 Å². The Labute approximate surface area is 138 Å². The highest BCUT2D eigenvalue weighted by molar-refractivity contribution is 5.54. The monoisotopic (exact) mass is 306 g/mol. The SMILES string of the molecule is C[C@@H](C(C=O)CCC(C)(C)C)C1CCC2[C@@H](C)CCC[C@]12C. The summed E-state index contributed by atoms with van der Waals surface area (Å²) in [6.45, 7) is 14.2. The molecule has 0 N–H and O–H groups in total. The summed E-state index contributed by atoms with van der Waals surface area (Å²) < 4.78 is 0. The van der Waals surface area contributed by atoms with Crippen molar-refractivity contribution in [1.29, 1.82) is 0 Å². The van der Waals surface area contributed by atoms with Gasteiger partial charge in [-0.15, -0.1) is 0 Å². The molecule has 0 amide bonds. The first-order chi connectivity index (χ1) is 10.2. The minimum absolute atomic E-state index is 0.261. The van der Waals surface area contributed by atoms with E-state index in [4.69, 9.17) is 0 Å². The van der Waals surface area contributed by atoms with Gasteiger partial charge in [0.2, 0.25) is 0 Å². The zero-order chi connectivity index (χ0) is 16.5. The van der Waals surface area contributed by atoms with Crippen LogP contribution >= 0.6 is 0 Å². The van der Waals surface area contributed by atoms with Crippen molar-refractivity contribution in [3.8, 4) is 0 Å². The first kappa shape index (κ1) is 18.0. The molecular formula is C21H38O. The third kappa shape index (κ3) is 3.60. The van der Waals surface area contributed by atoms with Crippen molar-refractivity contribution >= 4 is 6.29 Å². The van der Waals surface area contributed by atoms with E-state index in [0.29, 0.717) is 16.7 Å². The molecule has 6 atom stereocenters. The molecule has 0 heterocycles. The number of carbonyl (C=O) groups is 1. The average molecular weight is 307 g/mol. The first-order valence-electron chi connectivity index (χ1n) is 9.64. The van der Waals surface area contributed by atoms with E-state index in [1.807, 2.05) is 0 Å². The van der Waals surface area contributed by atoms with Gasteiger partial charge in [0.25, 0.3) is 0 Å². The minimum Gasteiger partial charge on any atom is -0.303 e. The van der Waals surface area contributed by atoms with E-state index < -0.39 is 0 Å². The molecule has 128 valence electrons. The van der Waals surface area contributed by atoms with Gasteiger partial charge >= 0.3 is 0 Å². The van der Waals surface area contributed by atoms with E-state index in [-0.39, 0.29) is 5.92 Å². The summed E-state index contributed by atoms with van der Waals surface area (Å²) in [6.07, 6.45) is 10.5. The Morgan fingerprint density at radius 3 is 2.50 bits per heavy atom. The van der Waals surface area contributed by atoms with E-state index >= 15 is 0 Å². The third-order valence-corrected chi connectivity index (χ3v) is 7.26. The first-order valence-corrected chi connectivity index (χ1v) is 9.64. The second-order valence-corrected chi connectivity index (χ2v) is 9.92. The highest BCUT2D eigenvalue weighted by Crippen LogP contribution is 2.60. The Bertz CT molecular complexity index is 380. The van der Waals surface area contributed by atoms with E-state index in [1.165, 1.54) is 38.4 Å². The molecule has 0 aliphatic heterocycles. The minimum atomic E-state index is 0.261. The van der Waals surface area contributed by atoms with Crippen molar-refractivity contribution in [3.05, 3.63) is 0 Å². The van der Waals surface area contributed by atoms with Gasteiger partial charge in [-0.25, -0.2) is 0 Å². The standard InChI is InChI=1S/C21H38O/c1-15-8-7-12-21(6)18(15)9-10-19(21)16(2)17(14-22)11-13-20(3,4)5/h14-19H,7-13H2,1-6H3/t15-,16-,17?,18?,19?,21-/m0/s1. The number of aldehydes is 1. The van der Waals surface area contributed by atoms with Crippen molar-refractivity contribution < 1.29 is 4.79 Å². The predicted octanol–water partition coefficient (Wildman–Crippen LogP) is 6.12. The van der Waals surface area contributed by atoms with Crippen LogP contribution in [0.3, 0.4) is 0 Å². The second-order valence-electron chi connectivity index (χ2n) is 9.92. The lowest BCUT2D eigenvalue weighted by atomic mass is 9.58. The van der Waals surface area contributed by atoms with E-state index in [2.05, 4.69) is 41.5 Å². The Morgan fingerprint density at radius 2 is 1.91 bits per heavy atom. The molecule has 0 radical (unpaired) electrons. The number of carbonyl (C=O) groups excluding carboxylic acids is 1. The van der Waals surface area contributed by atoms with Crippen LogP contribution in [0.1, 0.15) is 86.5 Å². The molecule has 0 spiro atoms. The van der Waals surface area contributed by atoms with Crippen LogP contribution < -0.4 is 0 Å². The van der Waals surface area contributed by atoms with Crippen LogP contribution in [0.25, 0.3) is 0 Å². The van der Waals surface area contributed by atoms with Gasteiger partial charge in [-0.3, -0.25) is 0 Å². The maximum absolute atomic E-state index is 11.7. The van der Waals surface area contributed by atoms with E-state index in [1.54, 1.807) is 0 Å². The van der Waals surface area contributed by atoms with Crippen LogP contribution in [-0.2, 0) is 4.79 Å². The van der Waals surface area contributed by atoms with Crippen LogP contribution in [0.4, 0.5) is 0 Å². The number of hydrogen-bond donors (Lipinski definition) is 0. The van der Waals surface area contributed by atoms with Gasteiger partial charge in [0.1, 0.15) is 6.29 Å². The molecule has 2 fully saturated rings. The topological polar surface area (TPSA) is 17.1 Å². The summed E-state index contributed by atoms with van der Waals surface area (Å²) in [5, 5.41) is 0. The lowest BCUT2D eigenvalue weighted by molar-refractivity contribution is -0.114. The molecule has 0 saturated heterocycles. The van der Waals surface area contributed by atoms with E-state index in [0.717, 1.165) is 30.6 Å². The Morgan fingerprint density at radius 1 is 1.23 bits per heavy atom. The summed E-state index contributed by atoms with van der Waals surface area (Å²) in [5.41, 5.74) is 0.836. The van der Waals surface area contributed by atoms with Crippen LogP contribution in [-0.4, -0.2) is 6.29 Å². The van der Waals surface area contributed by atoms with Crippen molar-refractivity contribution in [1.82, 2.24) is 0 Å². The van der Waals surface area contributed by atoms with Crippen LogP contribution in [0.5, 0.6) is 0 Å². The molecule has 0 aromatic heterocycles. The summed E-state index contributed by atoms with van der Waals surface area (Å²) in [7, 11) is 0. The molecule has 2 aliphatic rings. The summed E-state index contributed by atoms with van der Waals surface area (Å²) in [4.78, 5) is 11.7. The highest BCUT2D eigenvalue weighted by atomic mass is 16.1. The molecular weight excluding hydrogens is 268 g/mol. The van der Waals surface area contributed by atoms with Gasteiger partial charge in [0, 0.05) is 5.92 Å². The maximum atomic E-state index is 11.7. The van der Waals surface area contributed by atoms with Crippen molar-refractivity contribution in [2.45, 2.75) is 86.5 Å². The Kier molecular flexibility index (Phi) is 5.45. The summed E-state index contributed by atoms with van der Waals surface area (Å²) >= 11 is 0. The average Bonchev–Trinajstić information content (AvgIpc) is 2.76. The van der Waals surface area contributed by atoms with Crippen molar-refractivity contribution in [2.24, 2.45) is 40.4 Å². The normalized spacial score (nSPS) is 38.4. The van der Waals surface area contributed by atoms with Crippen molar-refractivity contribution in [3.63, 3.8) is 0 Å². The largest absolute Gasteiger partial charge is 0.303 e. The summed E-state index contributed by atoms with van der Waals surface area (Å²) in [6, 6.07) is 0. The third-order valence-electron chi connectivity index (χ3n) is 7.26. The molecule has 1 heteroatoms. The fourth-order valence-corrected chi connectivity index (χ4v) is 5.82. The molecule has 3 unspecified atom stereocenters. The molecule has 0 aromatic rings. The van der Waals surface area contributed by atoms with Gasteiger partial charge in [0.15, 0.2) is 0 Å². The molecule has 0 bridgehead atoms. The lowest BCUT2D eigenvalue weighted by Gasteiger charge is -2.47. The number of fused-ring (bicyclic) bond motifs is 1. The Hall–Kier alpha value is -0.330. The molecule has 2 saturated carbocycles. The fraction of sp³-hybridized carbons (Fsp3) is 0.952. The molecule has 0 aromatic carbocycles. The van der Waals surface area contributed by atoms with Gasteiger partial charge in [-0.2, -0.15) is 0 Å². The van der Waals surface area contributed by atoms with Gasteiger partial charge in [0.05, 0.1) is 0 Å².